The van der Waals surface area contributed by atoms with Crippen LogP contribution in [0.1, 0.15) is 22.4 Å². The molecule has 0 saturated carbocycles. The molecule has 1 N–H and O–H groups in total. The van der Waals surface area contributed by atoms with Crippen molar-refractivity contribution in [3.8, 4) is 0 Å². The fraction of sp³-hybridized carbons (Fsp3) is 0.286. The van der Waals surface area contributed by atoms with E-state index in [0.717, 1.165) is 18.2 Å². The molecule has 2 aromatic heterocycles. The van der Waals surface area contributed by atoms with Gasteiger partial charge in [-0.1, -0.05) is 0 Å². The zero-order chi connectivity index (χ0) is 24.0. The summed E-state index contributed by atoms with van der Waals surface area (Å²) in [5, 5.41) is 2.86. The highest BCUT2D eigenvalue weighted by molar-refractivity contribution is 5.62. The summed E-state index contributed by atoms with van der Waals surface area (Å²) in [6, 6.07) is 6.38. The number of pyridine rings is 1. The van der Waals surface area contributed by atoms with Crippen molar-refractivity contribution in [2.45, 2.75) is 25.3 Å². The van der Waals surface area contributed by atoms with Crippen LogP contribution in [0.3, 0.4) is 0 Å². The van der Waals surface area contributed by atoms with Gasteiger partial charge in [-0.25, -0.2) is 9.78 Å². The van der Waals surface area contributed by atoms with Crippen molar-refractivity contribution in [2.75, 3.05) is 16.8 Å². The molecule has 0 bridgehead atoms. The molecule has 0 radical (unpaired) electrons. The molecular formula is C21H17F6N5O. The number of hydrogen-bond donors (Lipinski definition) is 1. The molecule has 3 aromatic rings. The summed E-state index contributed by atoms with van der Waals surface area (Å²) < 4.78 is 79.9. The molecular weight excluding hydrogens is 452 g/mol. The Morgan fingerprint density at radius 3 is 2.33 bits per heavy atom. The van der Waals surface area contributed by atoms with Crippen LogP contribution in [0.25, 0.3) is 0 Å². The Kier molecular flexibility index (Phi) is 5.54. The molecule has 0 fully saturated rings. The molecule has 12 heteroatoms. The fourth-order valence-electron chi connectivity index (χ4n) is 3.70. The van der Waals surface area contributed by atoms with Crippen molar-refractivity contribution in [3.05, 3.63) is 75.5 Å². The van der Waals surface area contributed by atoms with Crippen molar-refractivity contribution in [3.63, 3.8) is 0 Å². The van der Waals surface area contributed by atoms with Crippen molar-refractivity contribution >= 4 is 17.3 Å². The van der Waals surface area contributed by atoms with Gasteiger partial charge in [0.1, 0.15) is 11.6 Å². The van der Waals surface area contributed by atoms with Gasteiger partial charge in [0.2, 0.25) is 0 Å². The number of halogens is 6. The van der Waals surface area contributed by atoms with Crippen LogP contribution in [0.2, 0.25) is 0 Å². The van der Waals surface area contributed by atoms with E-state index in [4.69, 9.17) is 0 Å². The SMILES string of the molecule is Cn1c2c(c(Nc3ccc(C(F)(F)F)cc3)nc1=O)CCN(c1ncccc1C(F)(F)F)C2. The topological polar surface area (TPSA) is 63.1 Å². The number of benzene rings is 1. The third-order valence-corrected chi connectivity index (χ3v) is 5.37. The van der Waals surface area contributed by atoms with Gasteiger partial charge in [-0.2, -0.15) is 31.3 Å². The second kappa shape index (κ2) is 8.09. The van der Waals surface area contributed by atoms with E-state index < -0.39 is 29.2 Å². The van der Waals surface area contributed by atoms with Gasteiger partial charge in [-0.15, -0.1) is 0 Å². The predicted molar refractivity (Wildman–Crippen MR) is 108 cm³/mol. The third-order valence-electron chi connectivity index (χ3n) is 5.37. The first kappa shape index (κ1) is 22.6. The van der Waals surface area contributed by atoms with Crippen LogP contribution in [0.15, 0.2) is 47.4 Å². The van der Waals surface area contributed by atoms with Gasteiger partial charge >= 0.3 is 18.0 Å². The van der Waals surface area contributed by atoms with Crippen molar-refractivity contribution in [1.82, 2.24) is 14.5 Å². The third kappa shape index (κ3) is 4.50. The number of nitrogens with one attached hydrogen (secondary N) is 1. The average molecular weight is 469 g/mol. The quantitative estimate of drug-likeness (QED) is 0.572. The van der Waals surface area contributed by atoms with Gasteiger partial charge in [-0.05, 0) is 42.8 Å². The summed E-state index contributed by atoms with van der Waals surface area (Å²) >= 11 is 0. The molecule has 0 spiro atoms. The molecule has 0 unspecified atom stereocenters. The van der Waals surface area contributed by atoms with Gasteiger partial charge in [0.25, 0.3) is 0 Å². The van der Waals surface area contributed by atoms with Crippen molar-refractivity contribution in [2.24, 2.45) is 7.05 Å². The molecule has 1 aliphatic heterocycles. The maximum absolute atomic E-state index is 13.4. The highest BCUT2D eigenvalue weighted by Crippen LogP contribution is 2.37. The highest BCUT2D eigenvalue weighted by atomic mass is 19.4. The summed E-state index contributed by atoms with van der Waals surface area (Å²) in [6.45, 7) is 0.153. The summed E-state index contributed by atoms with van der Waals surface area (Å²) in [5.74, 6) is -0.0817. The molecule has 174 valence electrons. The van der Waals surface area contributed by atoms with Gasteiger partial charge in [-0.3, -0.25) is 4.57 Å². The molecule has 0 saturated heterocycles. The van der Waals surface area contributed by atoms with E-state index in [1.807, 2.05) is 0 Å². The lowest BCUT2D eigenvalue weighted by Gasteiger charge is -2.33. The molecule has 1 aromatic carbocycles. The van der Waals surface area contributed by atoms with Crippen LogP contribution in [-0.2, 0) is 32.4 Å². The maximum atomic E-state index is 13.4. The number of alkyl halides is 6. The van der Waals surface area contributed by atoms with E-state index in [1.165, 1.54) is 40.9 Å². The van der Waals surface area contributed by atoms with E-state index in [0.29, 0.717) is 11.3 Å². The van der Waals surface area contributed by atoms with Gasteiger partial charge in [0, 0.05) is 36.7 Å². The Bertz CT molecular complexity index is 1230. The molecule has 3 heterocycles. The number of rotatable bonds is 3. The minimum atomic E-state index is -4.59. The van der Waals surface area contributed by atoms with Crippen molar-refractivity contribution in [1.29, 1.82) is 0 Å². The van der Waals surface area contributed by atoms with Gasteiger partial charge in [0.15, 0.2) is 0 Å². The second-order valence-electron chi connectivity index (χ2n) is 7.47. The van der Waals surface area contributed by atoms with E-state index in [9.17, 15) is 31.1 Å². The van der Waals surface area contributed by atoms with Gasteiger partial charge in [0.05, 0.1) is 17.7 Å². The number of nitrogens with zero attached hydrogens (tertiary/aromatic N) is 4. The Hall–Kier alpha value is -3.57. The molecule has 0 aliphatic carbocycles. The van der Waals surface area contributed by atoms with E-state index >= 15 is 0 Å². The van der Waals surface area contributed by atoms with Crippen LogP contribution < -0.4 is 15.9 Å². The van der Waals surface area contributed by atoms with E-state index in [2.05, 4.69) is 15.3 Å². The molecule has 0 amide bonds. The van der Waals surface area contributed by atoms with Gasteiger partial charge < -0.3 is 10.2 Å². The monoisotopic (exact) mass is 469 g/mol. The lowest BCUT2D eigenvalue weighted by atomic mass is 10.0. The number of aromatic nitrogens is 3. The molecule has 0 atom stereocenters. The first-order valence-electron chi connectivity index (χ1n) is 9.75. The molecule has 1 aliphatic rings. The van der Waals surface area contributed by atoms with Crippen LogP contribution >= 0.6 is 0 Å². The molecule has 33 heavy (non-hydrogen) atoms. The van der Waals surface area contributed by atoms with E-state index in [1.54, 1.807) is 0 Å². The number of anilines is 3. The summed E-state index contributed by atoms with van der Waals surface area (Å²) in [4.78, 5) is 21.7. The molecule has 4 rings (SSSR count). The summed E-state index contributed by atoms with van der Waals surface area (Å²) in [5.41, 5.74) is -1.03. The Morgan fingerprint density at radius 2 is 1.70 bits per heavy atom. The van der Waals surface area contributed by atoms with Crippen LogP contribution in [-0.4, -0.2) is 21.1 Å². The largest absolute Gasteiger partial charge is 0.419 e. The molecule has 6 nitrogen and oxygen atoms in total. The average Bonchev–Trinajstić information content (AvgIpc) is 2.76. The van der Waals surface area contributed by atoms with Crippen molar-refractivity contribution < 1.29 is 26.3 Å². The zero-order valence-corrected chi connectivity index (χ0v) is 17.1. The standard InChI is InChI=1S/C21H17F6N5O/c1-31-16-11-32(18-15(21(25,26)27)3-2-9-28-18)10-8-14(16)17(30-19(31)33)29-13-6-4-12(5-7-13)20(22,23)24/h2-7,9H,8,10-11H2,1H3,(H,29,30,33). The fourth-order valence-corrected chi connectivity index (χ4v) is 3.70. The smallest absolute Gasteiger partial charge is 0.350 e. The van der Waals surface area contributed by atoms with Crippen LogP contribution in [0.5, 0.6) is 0 Å². The Morgan fingerprint density at radius 1 is 1.00 bits per heavy atom. The summed E-state index contributed by atoms with van der Waals surface area (Å²) in [7, 11) is 1.46. The Labute approximate surface area is 183 Å². The maximum Gasteiger partial charge on any atom is 0.419 e. The second-order valence-corrected chi connectivity index (χ2v) is 7.47. The van der Waals surface area contributed by atoms with E-state index in [-0.39, 0.29) is 36.8 Å². The lowest BCUT2D eigenvalue weighted by Crippen LogP contribution is -2.38. The number of fused-ring (bicyclic) bond motifs is 1. The normalized spacial score (nSPS) is 14.2. The van der Waals surface area contributed by atoms with Crippen LogP contribution in [0, 0.1) is 0 Å². The van der Waals surface area contributed by atoms with Crippen LogP contribution in [0.4, 0.5) is 43.7 Å². The Balaban J connectivity index is 1.68. The zero-order valence-electron chi connectivity index (χ0n) is 17.1. The first-order chi connectivity index (χ1) is 15.4. The highest BCUT2D eigenvalue weighted by Gasteiger charge is 2.37. The predicted octanol–water partition coefficient (Wildman–Crippen LogP) is 4.52. The minimum Gasteiger partial charge on any atom is -0.350 e. The summed E-state index contributed by atoms with van der Waals surface area (Å²) in [6.07, 6.45) is -7.57. The number of hydrogen-bond acceptors (Lipinski definition) is 5. The first-order valence-corrected chi connectivity index (χ1v) is 9.75. The minimum absolute atomic E-state index is 0.0224. The lowest BCUT2D eigenvalue weighted by molar-refractivity contribution is -0.138.